The molecule has 1 aromatic heterocycles. The lowest BCUT2D eigenvalue weighted by Crippen LogP contribution is -2.20. The molecule has 148 valence electrons. The number of hydrogen-bond acceptors (Lipinski definition) is 4. The number of nitrogens with two attached hydrogens (primary N) is 1. The zero-order valence-corrected chi connectivity index (χ0v) is 15.8. The molecular formula is C17H13ClF3N3O3S. The molecule has 11 heteroatoms. The molecule has 2 N–H and O–H groups in total. The van der Waals surface area contributed by atoms with Gasteiger partial charge in [0.15, 0.2) is 0 Å². The molecule has 0 aliphatic heterocycles. The second-order valence-electron chi connectivity index (χ2n) is 5.71. The molecule has 0 atom stereocenters. The first-order chi connectivity index (χ1) is 13.0. The van der Waals surface area contributed by atoms with E-state index < -0.39 is 32.3 Å². The molecule has 2 aromatic carbocycles. The van der Waals surface area contributed by atoms with Crippen molar-refractivity contribution < 1.29 is 26.3 Å². The molecule has 0 fully saturated rings. The van der Waals surface area contributed by atoms with Gasteiger partial charge >= 0.3 is 6.18 Å². The monoisotopic (exact) mass is 431 g/mol. The van der Waals surface area contributed by atoms with Gasteiger partial charge in [-0.3, -0.25) is 0 Å². The summed E-state index contributed by atoms with van der Waals surface area (Å²) < 4.78 is 71.4. The van der Waals surface area contributed by atoms with Crippen molar-refractivity contribution in [1.82, 2.24) is 9.78 Å². The Labute approximate surface area is 163 Å². The van der Waals surface area contributed by atoms with E-state index in [1.54, 1.807) is 0 Å². The maximum absolute atomic E-state index is 13.8. The number of halogens is 4. The number of ether oxygens (including phenoxy) is 1. The minimum Gasteiger partial charge on any atom is -0.497 e. The maximum Gasteiger partial charge on any atom is 0.418 e. The summed E-state index contributed by atoms with van der Waals surface area (Å²) in [4.78, 5) is -0.729. The highest BCUT2D eigenvalue weighted by Gasteiger charge is 2.38. The van der Waals surface area contributed by atoms with Gasteiger partial charge in [-0.25, -0.2) is 18.2 Å². The van der Waals surface area contributed by atoms with Gasteiger partial charge in [-0.15, -0.1) is 0 Å². The highest BCUT2D eigenvalue weighted by atomic mass is 35.5. The van der Waals surface area contributed by atoms with Crippen LogP contribution in [0, 0.1) is 0 Å². The van der Waals surface area contributed by atoms with Crippen molar-refractivity contribution in [3.05, 3.63) is 59.4 Å². The third kappa shape index (κ3) is 3.84. The fourth-order valence-corrected chi connectivity index (χ4v) is 3.73. The molecule has 0 aliphatic rings. The van der Waals surface area contributed by atoms with E-state index in [0.717, 1.165) is 16.8 Å². The number of nitrogens with zero attached hydrogens (tertiary/aromatic N) is 2. The van der Waals surface area contributed by atoms with Crippen molar-refractivity contribution in [2.75, 3.05) is 7.11 Å². The molecule has 28 heavy (non-hydrogen) atoms. The lowest BCUT2D eigenvalue weighted by molar-refractivity contribution is -0.137. The Balaban J connectivity index is 2.40. The van der Waals surface area contributed by atoms with E-state index >= 15 is 0 Å². The minimum atomic E-state index is -4.88. The Morgan fingerprint density at radius 3 is 2.43 bits per heavy atom. The SMILES string of the molecule is COc1ccc(-c2cc(C(F)(F)F)c(-n3cccn3)c(S(N)(=O)=O)c2)c(Cl)c1. The summed E-state index contributed by atoms with van der Waals surface area (Å²) in [5, 5.41) is 9.03. The van der Waals surface area contributed by atoms with Crippen LogP contribution in [-0.2, 0) is 16.2 Å². The van der Waals surface area contributed by atoms with Gasteiger partial charge in [-0.1, -0.05) is 11.6 Å². The molecule has 1 heterocycles. The molecule has 3 aromatic rings. The molecule has 0 aliphatic carbocycles. The van der Waals surface area contributed by atoms with Crippen LogP contribution >= 0.6 is 11.6 Å². The van der Waals surface area contributed by atoms with Crippen molar-refractivity contribution >= 4 is 21.6 Å². The minimum absolute atomic E-state index is 0.0695. The summed E-state index contributed by atoms with van der Waals surface area (Å²) in [5.41, 5.74) is -1.79. The normalized spacial score (nSPS) is 12.2. The van der Waals surface area contributed by atoms with Crippen LogP contribution in [-0.4, -0.2) is 25.3 Å². The molecule has 0 unspecified atom stereocenters. The first-order valence-corrected chi connectivity index (χ1v) is 9.57. The number of rotatable bonds is 4. The summed E-state index contributed by atoms with van der Waals surface area (Å²) in [6.45, 7) is 0. The van der Waals surface area contributed by atoms with Gasteiger partial charge in [-0.05, 0) is 42.0 Å². The summed E-state index contributed by atoms with van der Waals surface area (Å²) in [6, 6.07) is 7.53. The van der Waals surface area contributed by atoms with E-state index in [1.165, 1.54) is 43.8 Å². The first-order valence-electron chi connectivity index (χ1n) is 7.64. The Bertz CT molecular complexity index is 1130. The molecule has 0 saturated carbocycles. The van der Waals surface area contributed by atoms with E-state index in [1.807, 2.05) is 0 Å². The van der Waals surface area contributed by atoms with Crippen molar-refractivity contribution in [3.8, 4) is 22.6 Å². The predicted molar refractivity (Wildman–Crippen MR) is 96.9 cm³/mol. The van der Waals surface area contributed by atoms with E-state index in [9.17, 15) is 21.6 Å². The van der Waals surface area contributed by atoms with Crippen molar-refractivity contribution in [2.45, 2.75) is 11.1 Å². The Hall–Kier alpha value is -2.56. The van der Waals surface area contributed by atoms with Gasteiger partial charge in [0.25, 0.3) is 0 Å². The fraction of sp³-hybridized carbons (Fsp3) is 0.118. The highest BCUT2D eigenvalue weighted by molar-refractivity contribution is 7.89. The van der Waals surface area contributed by atoms with Crippen molar-refractivity contribution in [2.24, 2.45) is 5.14 Å². The van der Waals surface area contributed by atoms with Gasteiger partial charge < -0.3 is 4.74 Å². The van der Waals surface area contributed by atoms with Crippen LogP contribution in [0.2, 0.25) is 5.02 Å². The van der Waals surface area contributed by atoms with E-state index in [0.29, 0.717) is 5.75 Å². The lowest BCUT2D eigenvalue weighted by Gasteiger charge is -2.18. The zero-order valence-electron chi connectivity index (χ0n) is 14.2. The van der Waals surface area contributed by atoms with E-state index in [2.05, 4.69) is 5.10 Å². The molecule has 0 radical (unpaired) electrons. The third-order valence-corrected chi connectivity index (χ3v) is 5.14. The quantitative estimate of drug-likeness (QED) is 0.679. The largest absolute Gasteiger partial charge is 0.497 e. The molecule has 3 rings (SSSR count). The van der Waals surface area contributed by atoms with Crippen LogP contribution in [0.5, 0.6) is 5.75 Å². The van der Waals surface area contributed by atoms with Gasteiger partial charge in [-0.2, -0.15) is 18.3 Å². The Morgan fingerprint density at radius 2 is 1.93 bits per heavy atom. The number of methoxy groups -OCH3 is 1. The summed E-state index contributed by atoms with van der Waals surface area (Å²) in [6.07, 6.45) is -2.46. The van der Waals surface area contributed by atoms with E-state index in [4.69, 9.17) is 21.5 Å². The molecule has 0 saturated heterocycles. The van der Waals surface area contributed by atoms with Gasteiger partial charge in [0, 0.05) is 18.0 Å². The van der Waals surface area contributed by atoms with Crippen LogP contribution in [0.3, 0.4) is 0 Å². The second-order valence-corrected chi connectivity index (χ2v) is 7.65. The molecule has 0 amide bonds. The molecule has 6 nitrogen and oxygen atoms in total. The standard InChI is InChI=1S/C17H13ClF3N3O3S/c1-27-11-3-4-12(14(18)9-11)10-7-13(17(19,20)21)16(24-6-2-5-23-24)15(8-10)28(22,25)26/h2-9H,1H3,(H2,22,25,26). The first kappa shape index (κ1) is 20.2. The number of sulfonamides is 1. The summed E-state index contributed by atoms with van der Waals surface area (Å²) >= 11 is 6.16. The third-order valence-electron chi connectivity index (χ3n) is 3.91. The highest BCUT2D eigenvalue weighted by Crippen LogP contribution is 2.41. The Kier molecular flexibility index (Phi) is 5.13. The lowest BCUT2D eigenvalue weighted by atomic mass is 10.0. The van der Waals surface area contributed by atoms with E-state index in [-0.39, 0.29) is 16.1 Å². The summed E-state index contributed by atoms with van der Waals surface area (Å²) in [7, 11) is -3.12. The van der Waals surface area contributed by atoms with Gasteiger partial charge in [0.1, 0.15) is 10.6 Å². The number of benzene rings is 2. The predicted octanol–water partition coefficient (Wildman–Crippen LogP) is 3.87. The fourth-order valence-electron chi connectivity index (χ4n) is 2.69. The van der Waals surface area contributed by atoms with Crippen LogP contribution in [0.1, 0.15) is 5.56 Å². The van der Waals surface area contributed by atoms with Crippen LogP contribution in [0.15, 0.2) is 53.7 Å². The van der Waals surface area contributed by atoms with Crippen molar-refractivity contribution in [1.29, 1.82) is 0 Å². The molecule has 0 spiro atoms. The maximum atomic E-state index is 13.8. The van der Waals surface area contributed by atoms with Crippen LogP contribution < -0.4 is 9.88 Å². The number of alkyl halides is 3. The smallest absolute Gasteiger partial charge is 0.418 e. The topological polar surface area (TPSA) is 87.2 Å². The zero-order chi connectivity index (χ0) is 20.7. The number of hydrogen-bond donors (Lipinski definition) is 1. The molecule has 0 bridgehead atoms. The van der Waals surface area contributed by atoms with Gasteiger partial charge in [0.2, 0.25) is 10.0 Å². The average molecular weight is 432 g/mol. The summed E-state index contributed by atoms with van der Waals surface area (Å²) in [5.74, 6) is 0.393. The second kappa shape index (κ2) is 7.12. The van der Waals surface area contributed by atoms with Gasteiger partial charge in [0.05, 0.1) is 23.4 Å². The average Bonchev–Trinajstić information content (AvgIpc) is 3.13. The Morgan fingerprint density at radius 1 is 1.21 bits per heavy atom. The van der Waals surface area contributed by atoms with Crippen LogP contribution in [0.4, 0.5) is 13.2 Å². The van der Waals surface area contributed by atoms with Crippen LogP contribution in [0.25, 0.3) is 16.8 Å². The van der Waals surface area contributed by atoms with Crippen molar-refractivity contribution in [3.63, 3.8) is 0 Å². The number of primary sulfonamides is 1. The number of aromatic nitrogens is 2. The molecular weight excluding hydrogens is 419 g/mol.